The molecule has 0 aliphatic heterocycles. The Balaban J connectivity index is 1.73. The molecule has 1 heterocycles. The lowest BCUT2D eigenvalue weighted by Gasteiger charge is -2.12. The first-order valence-electron chi connectivity index (χ1n) is 8.76. The van der Waals surface area contributed by atoms with E-state index in [2.05, 4.69) is 20.4 Å². The number of ether oxygens (including phenoxy) is 1. The molecule has 29 heavy (non-hydrogen) atoms. The summed E-state index contributed by atoms with van der Waals surface area (Å²) in [5.41, 5.74) is 7.77. The van der Waals surface area contributed by atoms with E-state index in [9.17, 15) is 4.39 Å². The fourth-order valence-electron chi connectivity index (χ4n) is 2.42. The number of aromatic nitrogens is 2. The summed E-state index contributed by atoms with van der Waals surface area (Å²) in [6.45, 7) is 2.45. The second-order valence-corrected chi connectivity index (χ2v) is 6.27. The zero-order chi connectivity index (χ0) is 20.6. The van der Waals surface area contributed by atoms with Crippen LogP contribution in [-0.2, 0) is 11.4 Å². The molecule has 7 nitrogen and oxygen atoms in total. The van der Waals surface area contributed by atoms with Crippen LogP contribution in [0.5, 0.6) is 5.75 Å². The third-order valence-corrected chi connectivity index (χ3v) is 4.07. The molecule has 0 saturated heterocycles. The van der Waals surface area contributed by atoms with Crippen molar-refractivity contribution in [3.8, 4) is 5.75 Å². The van der Waals surface area contributed by atoms with Crippen LogP contribution in [0.15, 0.2) is 53.9 Å². The maximum atomic E-state index is 13.3. The molecule has 0 unspecified atom stereocenters. The number of halogens is 2. The van der Waals surface area contributed by atoms with Gasteiger partial charge in [0.05, 0.1) is 16.8 Å². The van der Waals surface area contributed by atoms with Crippen LogP contribution in [0.4, 0.5) is 21.7 Å². The number of oxime groups is 1. The number of hydrogen-bond donors (Lipinski definition) is 2. The number of hydrogen-bond acceptors (Lipinski definition) is 7. The molecule has 0 radical (unpaired) electrons. The molecule has 1 aromatic heterocycles. The molecule has 3 rings (SSSR count). The van der Waals surface area contributed by atoms with E-state index in [0.29, 0.717) is 40.0 Å². The van der Waals surface area contributed by atoms with Gasteiger partial charge >= 0.3 is 0 Å². The van der Waals surface area contributed by atoms with Crippen LogP contribution in [0.1, 0.15) is 18.1 Å². The average molecular weight is 416 g/mol. The Morgan fingerprint density at radius 3 is 2.86 bits per heavy atom. The van der Waals surface area contributed by atoms with E-state index < -0.39 is 0 Å². The van der Waals surface area contributed by atoms with Crippen LogP contribution in [0.25, 0.3) is 0 Å². The molecule has 0 fully saturated rings. The number of nitrogens with zero attached hydrogens (tertiary/aromatic N) is 3. The molecule has 0 amide bonds. The van der Waals surface area contributed by atoms with Crippen molar-refractivity contribution >= 4 is 35.1 Å². The smallest absolute Gasteiger partial charge is 0.144 e. The molecule has 0 saturated carbocycles. The van der Waals surface area contributed by atoms with E-state index in [-0.39, 0.29) is 18.2 Å². The van der Waals surface area contributed by atoms with Crippen molar-refractivity contribution in [3.05, 3.63) is 70.8 Å². The van der Waals surface area contributed by atoms with E-state index in [0.717, 1.165) is 0 Å². The first kappa shape index (κ1) is 20.3. The molecule has 150 valence electrons. The van der Waals surface area contributed by atoms with Crippen molar-refractivity contribution in [1.29, 1.82) is 0 Å². The largest absolute Gasteiger partial charge is 0.487 e. The fourth-order valence-corrected chi connectivity index (χ4v) is 2.66. The molecule has 3 N–H and O–H groups in total. The Morgan fingerprint density at radius 1 is 1.24 bits per heavy atom. The minimum atomic E-state index is -0.315. The topological polar surface area (TPSA) is 94.7 Å². The van der Waals surface area contributed by atoms with E-state index in [1.807, 2.05) is 6.92 Å². The van der Waals surface area contributed by atoms with Crippen LogP contribution in [0.3, 0.4) is 0 Å². The van der Waals surface area contributed by atoms with Crippen molar-refractivity contribution in [2.45, 2.75) is 13.5 Å². The fraction of sp³-hybridized carbons (Fsp3) is 0.150. The normalized spacial score (nSPS) is 10.9. The van der Waals surface area contributed by atoms with Gasteiger partial charge in [0, 0.05) is 5.69 Å². The molecule has 0 atom stereocenters. The first-order chi connectivity index (χ1) is 14.1. The summed E-state index contributed by atoms with van der Waals surface area (Å²) in [6.07, 6.45) is 2.78. The van der Waals surface area contributed by atoms with Crippen molar-refractivity contribution in [2.24, 2.45) is 5.16 Å². The SMILES string of the molecule is CCO/N=C/c1c(N)ncnc1Nc1ccc(OCc2cccc(F)c2)c(Cl)c1. The number of benzene rings is 2. The second-order valence-electron chi connectivity index (χ2n) is 5.86. The van der Waals surface area contributed by atoms with Gasteiger partial charge in [-0.1, -0.05) is 28.9 Å². The maximum Gasteiger partial charge on any atom is 0.144 e. The zero-order valence-corrected chi connectivity index (χ0v) is 16.4. The van der Waals surface area contributed by atoms with Crippen molar-refractivity contribution in [2.75, 3.05) is 17.7 Å². The molecule has 0 aliphatic rings. The molecule has 0 spiro atoms. The second kappa shape index (κ2) is 9.70. The zero-order valence-electron chi connectivity index (χ0n) is 15.6. The quantitative estimate of drug-likeness (QED) is 0.414. The number of rotatable bonds is 8. The van der Waals surface area contributed by atoms with Crippen molar-refractivity contribution < 1.29 is 14.0 Å². The van der Waals surface area contributed by atoms with Gasteiger partial charge in [0.25, 0.3) is 0 Å². The van der Waals surface area contributed by atoms with Crippen LogP contribution in [-0.4, -0.2) is 22.8 Å². The lowest BCUT2D eigenvalue weighted by molar-refractivity contribution is 0.160. The summed E-state index contributed by atoms with van der Waals surface area (Å²) in [7, 11) is 0. The van der Waals surface area contributed by atoms with E-state index >= 15 is 0 Å². The summed E-state index contributed by atoms with van der Waals surface area (Å²) in [5, 5.41) is 7.33. The third kappa shape index (κ3) is 5.55. The minimum Gasteiger partial charge on any atom is -0.487 e. The lowest BCUT2D eigenvalue weighted by Crippen LogP contribution is -2.05. The Labute approximate surface area is 172 Å². The maximum absolute atomic E-state index is 13.3. The molecular weight excluding hydrogens is 397 g/mol. The Hall–Kier alpha value is -3.39. The van der Waals surface area contributed by atoms with Crippen molar-refractivity contribution in [3.63, 3.8) is 0 Å². The minimum absolute atomic E-state index is 0.199. The summed E-state index contributed by atoms with van der Waals surface area (Å²) < 4.78 is 18.9. The summed E-state index contributed by atoms with van der Waals surface area (Å²) >= 11 is 6.32. The van der Waals surface area contributed by atoms with E-state index in [1.54, 1.807) is 30.3 Å². The highest BCUT2D eigenvalue weighted by molar-refractivity contribution is 6.32. The molecule has 2 aromatic carbocycles. The number of nitrogens with two attached hydrogens (primary N) is 1. The van der Waals surface area contributed by atoms with Crippen LogP contribution < -0.4 is 15.8 Å². The number of nitrogens with one attached hydrogen (secondary N) is 1. The lowest BCUT2D eigenvalue weighted by atomic mass is 10.2. The monoisotopic (exact) mass is 415 g/mol. The van der Waals surface area contributed by atoms with E-state index in [1.165, 1.54) is 24.7 Å². The van der Waals surface area contributed by atoms with Crippen LogP contribution in [0, 0.1) is 5.82 Å². The van der Waals surface area contributed by atoms with Gasteiger partial charge in [-0.05, 0) is 42.8 Å². The molecule has 3 aromatic rings. The standard InChI is InChI=1S/C20H19ClFN5O2/c1-2-29-26-10-16-19(23)24-12-25-20(16)27-15-6-7-18(17(21)9-15)28-11-13-4-3-5-14(22)8-13/h3-10,12H,2,11H2,1H3,(H3,23,24,25,27)/b26-10+. The van der Waals surface area contributed by atoms with Crippen molar-refractivity contribution in [1.82, 2.24) is 9.97 Å². The Bertz CT molecular complexity index is 1020. The highest BCUT2D eigenvalue weighted by Gasteiger charge is 2.10. The van der Waals surface area contributed by atoms with Gasteiger partial charge in [-0.3, -0.25) is 0 Å². The molecular formula is C20H19ClFN5O2. The van der Waals surface area contributed by atoms with Gasteiger partial charge in [0.15, 0.2) is 0 Å². The Kier molecular flexibility index (Phi) is 6.80. The summed E-state index contributed by atoms with van der Waals surface area (Å²) in [5.74, 6) is 0.865. The van der Waals surface area contributed by atoms with Gasteiger partial charge in [-0.15, -0.1) is 0 Å². The summed E-state index contributed by atoms with van der Waals surface area (Å²) in [6, 6.07) is 11.4. The van der Waals surface area contributed by atoms with Gasteiger partial charge < -0.3 is 20.6 Å². The summed E-state index contributed by atoms with van der Waals surface area (Å²) in [4.78, 5) is 13.1. The molecule has 0 bridgehead atoms. The first-order valence-corrected chi connectivity index (χ1v) is 9.14. The highest BCUT2D eigenvalue weighted by Crippen LogP contribution is 2.30. The third-order valence-electron chi connectivity index (χ3n) is 3.78. The van der Waals surface area contributed by atoms with Gasteiger partial charge in [-0.2, -0.15) is 0 Å². The van der Waals surface area contributed by atoms with Gasteiger partial charge in [-0.25, -0.2) is 14.4 Å². The predicted molar refractivity (Wildman–Crippen MR) is 111 cm³/mol. The number of nitrogen functional groups attached to an aromatic ring is 1. The molecule has 0 aliphatic carbocycles. The predicted octanol–water partition coefficient (Wildman–Crippen LogP) is 4.54. The van der Waals surface area contributed by atoms with Gasteiger partial charge in [0.1, 0.15) is 42.7 Å². The average Bonchev–Trinajstić information content (AvgIpc) is 2.69. The highest BCUT2D eigenvalue weighted by atomic mass is 35.5. The van der Waals surface area contributed by atoms with Crippen LogP contribution in [0.2, 0.25) is 5.02 Å². The Morgan fingerprint density at radius 2 is 2.10 bits per heavy atom. The van der Waals surface area contributed by atoms with Gasteiger partial charge in [0.2, 0.25) is 0 Å². The van der Waals surface area contributed by atoms with E-state index in [4.69, 9.17) is 26.9 Å². The molecule has 9 heteroatoms. The van der Waals surface area contributed by atoms with Crippen LogP contribution >= 0.6 is 11.6 Å². The number of anilines is 3.